The molecule has 0 fully saturated rings. The van der Waals surface area contributed by atoms with E-state index in [0.29, 0.717) is 12.1 Å². The second-order valence-corrected chi connectivity index (χ2v) is 17.2. The standard InChI is InChI=1S/2C25H51NO2.Ca/c2*1-4-7-9-11-13-18-22-26(23-19-14-12-10-8-5-2)24(6-3)20-16-15-17-21-25(27)28;/h2*24H,4-23H2,1-3H3,(H,27,28);/q;;+2/p-2. The quantitative estimate of drug-likeness (QED) is 0.0449. The van der Waals surface area contributed by atoms with E-state index in [1.54, 1.807) is 0 Å². The summed E-state index contributed by atoms with van der Waals surface area (Å²) < 4.78 is 0. The maximum atomic E-state index is 10.6. The summed E-state index contributed by atoms with van der Waals surface area (Å²) in [7, 11) is 0. The van der Waals surface area contributed by atoms with Crippen LogP contribution in [0.3, 0.4) is 0 Å². The van der Waals surface area contributed by atoms with Crippen LogP contribution in [0.4, 0.5) is 0 Å². The van der Waals surface area contributed by atoms with Crippen LogP contribution in [0.15, 0.2) is 0 Å². The van der Waals surface area contributed by atoms with Gasteiger partial charge in [0.25, 0.3) is 0 Å². The van der Waals surface area contributed by atoms with Crippen molar-refractivity contribution >= 4 is 49.7 Å². The van der Waals surface area contributed by atoms with E-state index in [-0.39, 0.29) is 50.6 Å². The molecule has 0 aliphatic heterocycles. The van der Waals surface area contributed by atoms with Crippen LogP contribution in [0.1, 0.15) is 273 Å². The number of carbonyl (C=O) groups is 2. The van der Waals surface area contributed by atoms with Crippen LogP contribution in [0, 0.1) is 0 Å². The number of carboxylic acids is 2. The molecular weight excluding hydrogens is 733 g/mol. The van der Waals surface area contributed by atoms with E-state index in [1.807, 2.05) is 0 Å². The number of rotatable bonds is 44. The van der Waals surface area contributed by atoms with Gasteiger partial charge in [-0.3, -0.25) is 0 Å². The third-order valence-corrected chi connectivity index (χ3v) is 12.0. The van der Waals surface area contributed by atoms with Crippen molar-refractivity contribution in [2.45, 2.75) is 285 Å². The molecule has 0 spiro atoms. The zero-order valence-electron chi connectivity index (χ0n) is 39.7. The van der Waals surface area contributed by atoms with Crippen LogP contribution in [-0.4, -0.2) is 97.7 Å². The van der Waals surface area contributed by atoms with Gasteiger partial charge in [-0.2, -0.15) is 0 Å². The number of carboxylic acid groups (broad SMARTS) is 2. The molecule has 0 saturated heterocycles. The molecule has 2 unspecified atom stereocenters. The molecule has 0 amide bonds. The number of hydrogen-bond donors (Lipinski definition) is 0. The summed E-state index contributed by atoms with van der Waals surface area (Å²) in [5.74, 6) is -1.81. The Balaban J connectivity index is -0.00000101. The summed E-state index contributed by atoms with van der Waals surface area (Å²) in [4.78, 5) is 26.7. The monoisotopic (exact) mass is 833 g/mol. The van der Waals surface area contributed by atoms with Crippen LogP contribution >= 0.6 is 0 Å². The van der Waals surface area contributed by atoms with Gasteiger partial charge < -0.3 is 29.6 Å². The fourth-order valence-electron chi connectivity index (χ4n) is 8.28. The third kappa shape index (κ3) is 45.5. The van der Waals surface area contributed by atoms with Crippen molar-refractivity contribution in [3.05, 3.63) is 0 Å². The Labute approximate surface area is 387 Å². The van der Waals surface area contributed by atoms with Gasteiger partial charge in [-0.25, -0.2) is 0 Å². The molecule has 0 rings (SSSR count). The fourth-order valence-corrected chi connectivity index (χ4v) is 8.28. The minimum absolute atomic E-state index is 0. The summed E-state index contributed by atoms with van der Waals surface area (Å²) in [6, 6.07) is 1.35. The second-order valence-electron chi connectivity index (χ2n) is 17.2. The molecule has 57 heavy (non-hydrogen) atoms. The van der Waals surface area contributed by atoms with Crippen LogP contribution in [0.5, 0.6) is 0 Å². The first kappa shape index (κ1) is 61.4. The van der Waals surface area contributed by atoms with Crippen LogP contribution in [-0.2, 0) is 9.59 Å². The Morgan fingerprint density at radius 3 is 0.807 bits per heavy atom. The Kier molecular flexibility index (Phi) is 54.4. The van der Waals surface area contributed by atoms with E-state index >= 15 is 0 Å². The minimum Gasteiger partial charge on any atom is -0.550 e. The molecule has 336 valence electrons. The van der Waals surface area contributed by atoms with Gasteiger partial charge in [0.1, 0.15) is 0 Å². The smallest absolute Gasteiger partial charge is 0.550 e. The average molecular weight is 833 g/mol. The molecule has 0 aliphatic carbocycles. The first-order valence-corrected chi connectivity index (χ1v) is 25.2. The van der Waals surface area contributed by atoms with E-state index in [2.05, 4.69) is 51.3 Å². The Hall–Kier alpha value is 0.120. The van der Waals surface area contributed by atoms with Crippen LogP contribution in [0.2, 0.25) is 0 Å². The molecule has 7 heteroatoms. The zero-order valence-corrected chi connectivity index (χ0v) is 41.9. The van der Waals surface area contributed by atoms with E-state index in [0.717, 1.165) is 38.5 Å². The van der Waals surface area contributed by atoms with E-state index < -0.39 is 11.9 Å². The molecule has 0 aromatic carbocycles. The molecule has 0 aromatic heterocycles. The fraction of sp³-hybridized carbons (Fsp3) is 0.960. The van der Waals surface area contributed by atoms with Crippen molar-refractivity contribution in [1.29, 1.82) is 0 Å². The number of unbranched alkanes of at least 4 members (excludes halogenated alkanes) is 24. The van der Waals surface area contributed by atoms with Gasteiger partial charge in [0.2, 0.25) is 0 Å². The third-order valence-electron chi connectivity index (χ3n) is 12.0. The molecule has 0 bridgehead atoms. The normalized spacial score (nSPS) is 12.4. The number of hydrogen-bond acceptors (Lipinski definition) is 6. The van der Waals surface area contributed by atoms with Crippen molar-refractivity contribution < 1.29 is 19.8 Å². The first-order chi connectivity index (χ1) is 27.3. The molecule has 0 aromatic rings. The summed E-state index contributed by atoms with van der Waals surface area (Å²) in [6.07, 6.45) is 43.9. The predicted octanol–water partition coefficient (Wildman–Crippen LogP) is 12.6. The molecule has 0 saturated carbocycles. The van der Waals surface area contributed by atoms with Crippen molar-refractivity contribution in [2.24, 2.45) is 0 Å². The van der Waals surface area contributed by atoms with Gasteiger partial charge in [0.15, 0.2) is 0 Å². The second kappa shape index (κ2) is 50.5. The Morgan fingerprint density at radius 2 is 0.579 bits per heavy atom. The van der Waals surface area contributed by atoms with Crippen molar-refractivity contribution in [3.8, 4) is 0 Å². The number of nitrogens with zero attached hydrogens (tertiary/aromatic N) is 2. The molecular formula is C50H100CaN2O4. The number of aliphatic carboxylic acids is 2. The van der Waals surface area contributed by atoms with Crippen LogP contribution in [0.25, 0.3) is 0 Å². The summed E-state index contributed by atoms with van der Waals surface area (Å²) in [6.45, 7) is 18.8. The zero-order chi connectivity index (χ0) is 41.7. The van der Waals surface area contributed by atoms with E-state index in [1.165, 1.54) is 206 Å². The molecule has 0 radical (unpaired) electrons. The Bertz CT molecular complexity index is 704. The van der Waals surface area contributed by atoms with Crippen LogP contribution < -0.4 is 10.2 Å². The predicted molar refractivity (Wildman–Crippen MR) is 247 cm³/mol. The molecule has 0 aliphatic rings. The molecule has 6 nitrogen and oxygen atoms in total. The van der Waals surface area contributed by atoms with Gasteiger partial charge in [-0.15, -0.1) is 0 Å². The number of carbonyl (C=O) groups excluding carboxylic acids is 2. The van der Waals surface area contributed by atoms with Gasteiger partial charge >= 0.3 is 37.7 Å². The summed E-state index contributed by atoms with van der Waals surface area (Å²) >= 11 is 0. The van der Waals surface area contributed by atoms with E-state index in [4.69, 9.17) is 0 Å². The Morgan fingerprint density at radius 1 is 0.351 bits per heavy atom. The largest absolute Gasteiger partial charge is 2.00 e. The topological polar surface area (TPSA) is 86.7 Å². The first-order valence-electron chi connectivity index (χ1n) is 25.2. The molecule has 0 heterocycles. The minimum atomic E-state index is -0.903. The van der Waals surface area contributed by atoms with Crippen molar-refractivity contribution in [2.75, 3.05) is 26.2 Å². The average Bonchev–Trinajstić information content (AvgIpc) is 3.18. The maximum absolute atomic E-state index is 10.6. The van der Waals surface area contributed by atoms with E-state index in [9.17, 15) is 19.8 Å². The summed E-state index contributed by atoms with van der Waals surface area (Å²) in [5, 5.41) is 21.1. The maximum Gasteiger partial charge on any atom is 2.00 e. The van der Waals surface area contributed by atoms with Gasteiger partial charge in [0.05, 0.1) is 0 Å². The van der Waals surface area contributed by atoms with Crippen molar-refractivity contribution in [3.63, 3.8) is 0 Å². The molecule has 0 N–H and O–H groups in total. The van der Waals surface area contributed by atoms with Gasteiger partial charge in [-0.1, -0.05) is 196 Å². The molecule has 2 atom stereocenters. The van der Waals surface area contributed by atoms with Gasteiger partial charge in [-0.05, 0) is 103 Å². The van der Waals surface area contributed by atoms with Gasteiger partial charge in [0, 0.05) is 24.0 Å². The SMILES string of the molecule is CCCCCCCCN(CCCCCCCC)C(CC)CCCCCC(=O)[O-].CCCCCCCCN(CCCCCCCC)C(CC)CCCCCC(=O)[O-].[Ca+2]. The van der Waals surface area contributed by atoms with Crippen molar-refractivity contribution in [1.82, 2.24) is 9.80 Å². The summed E-state index contributed by atoms with van der Waals surface area (Å²) in [5.41, 5.74) is 0.